The molecule has 5 rings (SSSR count). The molecule has 33 heavy (non-hydrogen) atoms. The largest absolute Gasteiger partial charge is 0.361 e. The molecule has 1 aliphatic heterocycles. The number of hydrogen-bond acceptors (Lipinski definition) is 6. The Balaban J connectivity index is 1.25. The van der Waals surface area contributed by atoms with E-state index in [1.54, 1.807) is 6.07 Å². The van der Waals surface area contributed by atoms with Gasteiger partial charge in [0.25, 0.3) is 5.56 Å². The summed E-state index contributed by atoms with van der Waals surface area (Å²) in [5, 5.41) is 12.0. The highest BCUT2D eigenvalue weighted by atomic mass is 16.5. The van der Waals surface area contributed by atoms with E-state index in [9.17, 15) is 9.59 Å². The normalized spacial score (nSPS) is 14.8. The highest BCUT2D eigenvalue weighted by Gasteiger charge is 2.27. The van der Waals surface area contributed by atoms with Crippen molar-refractivity contribution in [1.82, 2.24) is 29.8 Å². The number of rotatable bonds is 5. The van der Waals surface area contributed by atoms with Gasteiger partial charge in [-0.2, -0.15) is 5.10 Å². The van der Waals surface area contributed by atoms with Crippen molar-refractivity contribution in [2.75, 3.05) is 13.1 Å². The van der Waals surface area contributed by atoms with E-state index in [2.05, 4.69) is 24.9 Å². The molecule has 0 aliphatic carbocycles. The molecule has 9 nitrogen and oxygen atoms in total. The number of amides is 1. The summed E-state index contributed by atoms with van der Waals surface area (Å²) in [4.78, 5) is 31.5. The Bertz CT molecular complexity index is 1340. The summed E-state index contributed by atoms with van der Waals surface area (Å²) < 4.78 is 7.46. The summed E-state index contributed by atoms with van der Waals surface area (Å²) in [6.07, 6.45) is 5.70. The van der Waals surface area contributed by atoms with E-state index < -0.39 is 0 Å². The third-order valence-electron chi connectivity index (χ3n) is 6.56. The minimum absolute atomic E-state index is 0.0252. The number of carbonyl (C=O) groups is 1. The second-order valence-electron chi connectivity index (χ2n) is 8.59. The van der Waals surface area contributed by atoms with Gasteiger partial charge in [0, 0.05) is 42.4 Å². The summed E-state index contributed by atoms with van der Waals surface area (Å²) in [6, 6.07) is 7.25. The fourth-order valence-corrected chi connectivity index (χ4v) is 4.66. The van der Waals surface area contributed by atoms with Crippen molar-refractivity contribution in [2.45, 2.75) is 45.6 Å². The van der Waals surface area contributed by atoms with E-state index >= 15 is 0 Å². The number of carbonyl (C=O) groups excluding carboxylic acids is 1. The average molecular weight is 447 g/mol. The Morgan fingerprint density at radius 3 is 2.67 bits per heavy atom. The van der Waals surface area contributed by atoms with Crippen LogP contribution in [0.2, 0.25) is 0 Å². The third kappa shape index (κ3) is 4.06. The van der Waals surface area contributed by atoms with E-state index in [0.29, 0.717) is 30.7 Å². The Kier molecular flexibility index (Phi) is 5.53. The number of nitrogens with zero attached hydrogens (tertiary/aromatic N) is 5. The lowest BCUT2D eigenvalue weighted by Crippen LogP contribution is -2.39. The smallest absolute Gasteiger partial charge is 0.272 e. The maximum Gasteiger partial charge on any atom is 0.272 e. The van der Waals surface area contributed by atoms with Crippen LogP contribution in [0.1, 0.15) is 47.3 Å². The number of H-pyrrole nitrogens is 1. The van der Waals surface area contributed by atoms with Gasteiger partial charge in [0.2, 0.25) is 5.91 Å². The van der Waals surface area contributed by atoms with Gasteiger partial charge in [-0.15, -0.1) is 0 Å². The standard InChI is InChI=1S/C24H26N6O3/c1-15-20(16(2)33-28-15)14-30-12-9-25-23(30)17-7-10-29(11-8-17)22(31)13-21-18-5-3-4-6-19(18)24(32)27-26-21/h3-6,9,12,17H,7-8,10-11,13-14H2,1-2H3,(H,27,32). The van der Waals surface area contributed by atoms with E-state index in [0.717, 1.165) is 41.1 Å². The molecule has 0 saturated carbocycles. The molecule has 0 spiro atoms. The summed E-state index contributed by atoms with van der Waals surface area (Å²) >= 11 is 0. The third-order valence-corrected chi connectivity index (χ3v) is 6.56. The second-order valence-corrected chi connectivity index (χ2v) is 8.59. The zero-order valence-electron chi connectivity index (χ0n) is 18.7. The summed E-state index contributed by atoms with van der Waals surface area (Å²) in [7, 11) is 0. The maximum absolute atomic E-state index is 13.0. The zero-order chi connectivity index (χ0) is 22.9. The van der Waals surface area contributed by atoms with Crippen molar-refractivity contribution in [3.63, 3.8) is 0 Å². The SMILES string of the molecule is Cc1noc(C)c1Cn1ccnc1C1CCN(C(=O)Cc2n[nH]c(=O)c3ccccc23)CC1. The van der Waals surface area contributed by atoms with Crippen LogP contribution in [-0.2, 0) is 17.8 Å². The van der Waals surface area contributed by atoms with E-state index in [1.165, 1.54) is 0 Å². The molecule has 3 aromatic heterocycles. The van der Waals surface area contributed by atoms with Gasteiger partial charge < -0.3 is 14.0 Å². The number of aryl methyl sites for hydroxylation is 2. The minimum atomic E-state index is -0.241. The highest BCUT2D eigenvalue weighted by Crippen LogP contribution is 2.28. The molecule has 0 atom stereocenters. The molecular formula is C24H26N6O3. The molecule has 1 saturated heterocycles. The van der Waals surface area contributed by atoms with Crippen molar-refractivity contribution < 1.29 is 9.32 Å². The van der Waals surface area contributed by atoms with Crippen molar-refractivity contribution in [1.29, 1.82) is 0 Å². The first kappa shape index (κ1) is 21.1. The van der Waals surface area contributed by atoms with Crippen LogP contribution < -0.4 is 5.56 Å². The summed E-state index contributed by atoms with van der Waals surface area (Å²) in [6.45, 7) is 5.90. The van der Waals surface area contributed by atoms with Crippen LogP contribution in [0, 0.1) is 13.8 Å². The molecule has 1 fully saturated rings. The van der Waals surface area contributed by atoms with Crippen LogP contribution in [0.15, 0.2) is 46.0 Å². The quantitative estimate of drug-likeness (QED) is 0.505. The summed E-state index contributed by atoms with van der Waals surface area (Å²) in [5.74, 6) is 2.18. The maximum atomic E-state index is 13.0. The van der Waals surface area contributed by atoms with Gasteiger partial charge in [-0.05, 0) is 32.8 Å². The lowest BCUT2D eigenvalue weighted by molar-refractivity contribution is -0.131. The number of aromatic nitrogens is 5. The van der Waals surface area contributed by atoms with Crippen LogP contribution in [0.25, 0.3) is 10.8 Å². The number of nitrogens with one attached hydrogen (secondary N) is 1. The fourth-order valence-electron chi connectivity index (χ4n) is 4.66. The Labute approximate surface area is 190 Å². The first-order valence-corrected chi connectivity index (χ1v) is 11.2. The predicted molar refractivity (Wildman–Crippen MR) is 122 cm³/mol. The Morgan fingerprint density at radius 2 is 1.94 bits per heavy atom. The van der Waals surface area contributed by atoms with E-state index in [1.807, 2.05) is 49.3 Å². The van der Waals surface area contributed by atoms with Crippen LogP contribution in [0.5, 0.6) is 0 Å². The number of fused-ring (bicyclic) bond motifs is 1. The van der Waals surface area contributed by atoms with Crippen molar-refractivity contribution >= 4 is 16.7 Å². The van der Waals surface area contributed by atoms with Gasteiger partial charge in [0.1, 0.15) is 11.6 Å². The van der Waals surface area contributed by atoms with Gasteiger partial charge in [0.15, 0.2) is 0 Å². The van der Waals surface area contributed by atoms with Crippen LogP contribution in [0.4, 0.5) is 0 Å². The van der Waals surface area contributed by atoms with Gasteiger partial charge >= 0.3 is 0 Å². The van der Waals surface area contributed by atoms with Crippen molar-refractivity contribution in [3.05, 3.63) is 75.5 Å². The number of benzene rings is 1. The molecule has 0 radical (unpaired) electrons. The van der Waals surface area contributed by atoms with Crippen LogP contribution >= 0.6 is 0 Å². The van der Waals surface area contributed by atoms with Crippen molar-refractivity contribution in [2.24, 2.45) is 0 Å². The minimum Gasteiger partial charge on any atom is -0.361 e. The number of aromatic amines is 1. The molecule has 4 aromatic rings. The molecule has 170 valence electrons. The fraction of sp³-hybridized carbons (Fsp3) is 0.375. The second kappa shape index (κ2) is 8.65. The van der Waals surface area contributed by atoms with E-state index in [-0.39, 0.29) is 23.8 Å². The van der Waals surface area contributed by atoms with E-state index in [4.69, 9.17) is 4.52 Å². The van der Waals surface area contributed by atoms with Crippen LogP contribution in [-0.4, -0.2) is 48.8 Å². The number of piperidine rings is 1. The Hall–Kier alpha value is -3.75. The molecule has 4 heterocycles. The molecule has 1 aromatic carbocycles. The molecule has 0 bridgehead atoms. The number of imidazole rings is 1. The molecule has 1 aliphatic rings. The molecule has 1 N–H and O–H groups in total. The predicted octanol–water partition coefficient (Wildman–Crippen LogP) is 2.72. The average Bonchev–Trinajstić information content (AvgIpc) is 3.43. The monoisotopic (exact) mass is 446 g/mol. The molecule has 9 heteroatoms. The van der Waals surface area contributed by atoms with Gasteiger partial charge in [-0.1, -0.05) is 23.4 Å². The molecule has 0 unspecified atom stereocenters. The molecule has 1 amide bonds. The summed E-state index contributed by atoms with van der Waals surface area (Å²) in [5.41, 5.74) is 2.35. The van der Waals surface area contributed by atoms with Crippen molar-refractivity contribution in [3.8, 4) is 0 Å². The number of hydrogen-bond donors (Lipinski definition) is 1. The lowest BCUT2D eigenvalue weighted by atomic mass is 9.95. The highest BCUT2D eigenvalue weighted by molar-refractivity contribution is 5.88. The first-order chi connectivity index (χ1) is 16.0. The van der Waals surface area contributed by atoms with Gasteiger partial charge in [-0.3, -0.25) is 9.59 Å². The van der Waals surface area contributed by atoms with Gasteiger partial charge in [0.05, 0.1) is 29.7 Å². The zero-order valence-corrected chi connectivity index (χ0v) is 18.7. The topological polar surface area (TPSA) is 110 Å². The molecular weight excluding hydrogens is 420 g/mol. The number of likely N-dealkylation sites (tertiary alicyclic amines) is 1. The van der Waals surface area contributed by atoms with Gasteiger partial charge in [-0.25, -0.2) is 10.1 Å². The van der Waals surface area contributed by atoms with Crippen LogP contribution in [0.3, 0.4) is 0 Å². The first-order valence-electron chi connectivity index (χ1n) is 11.2. The Morgan fingerprint density at radius 1 is 1.18 bits per heavy atom. The lowest BCUT2D eigenvalue weighted by Gasteiger charge is -2.32.